The zero-order valence-electron chi connectivity index (χ0n) is 11.2. The summed E-state index contributed by atoms with van der Waals surface area (Å²) in [4.78, 5) is 0.301. The van der Waals surface area contributed by atoms with E-state index in [4.69, 9.17) is 0 Å². The molecule has 0 bridgehead atoms. The molecule has 5 heteroatoms. The largest absolute Gasteiger partial charge is 0.396 e. The van der Waals surface area contributed by atoms with Crippen LogP contribution in [0.1, 0.15) is 31.2 Å². The van der Waals surface area contributed by atoms with Crippen molar-refractivity contribution in [2.45, 2.75) is 43.5 Å². The third-order valence-corrected chi connectivity index (χ3v) is 5.24. The standard InChI is InChI=1S/C14H21NO3S/c1-11-5-4-7-13(9-11)19(17,18)15-14-8-3-2-6-12(14)10-16/h4-5,7,9,12,14-16H,2-3,6,8,10H2,1H3. The van der Waals surface area contributed by atoms with E-state index in [1.165, 1.54) is 0 Å². The first-order valence-corrected chi connectivity index (χ1v) is 8.21. The van der Waals surface area contributed by atoms with Crippen molar-refractivity contribution in [3.8, 4) is 0 Å². The lowest BCUT2D eigenvalue weighted by Gasteiger charge is -2.30. The van der Waals surface area contributed by atoms with Crippen LogP contribution in [-0.4, -0.2) is 26.2 Å². The van der Waals surface area contributed by atoms with Crippen LogP contribution in [0.25, 0.3) is 0 Å². The van der Waals surface area contributed by atoms with Gasteiger partial charge in [0, 0.05) is 12.6 Å². The summed E-state index contributed by atoms with van der Waals surface area (Å²) < 4.78 is 27.4. The number of aliphatic hydroxyl groups is 1. The summed E-state index contributed by atoms with van der Waals surface area (Å²) in [5.74, 6) is 0.0355. The van der Waals surface area contributed by atoms with E-state index in [2.05, 4.69) is 4.72 Å². The first kappa shape index (κ1) is 14.5. The summed E-state index contributed by atoms with van der Waals surface area (Å²) in [6.45, 7) is 1.91. The minimum absolute atomic E-state index is 0.0355. The van der Waals surface area contributed by atoms with Crippen molar-refractivity contribution >= 4 is 10.0 Å². The molecule has 1 aromatic carbocycles. The van der Waals surface area contributed by atoms with Crippen molar-refractivity contribution in [2.24, 2.45) is 5.92 Å². The molecule has 1 saturated carbocycles. The molecule has 1 fully saturated rings. The van der Waals surface area contributed by atoms with Gasteiger partial charge in [-0.05, 0) is 43.4 Å². The van der Waals surface area contributed by atoms with Gasteiger partial charge in [0.1, 0.15) is 0 Å². The van der Waals surface area contributed by atoms with Crippen LogP contribution in [0.15, 0.2) is 29.2 Å². The van der Waals surface area contributed by atoms with Gasteiger partial charge in [0.25, 0.3) is 0 Å². The van der Waals surface area contributed by atoms with Crippen molar-refractivity contribution in [1.29, 1.82) is 0 Å². The van der Waals surface area contributed by atoms with Gasteiger partial charge in [0.2, 0.25) is 10.0 Å². The third kappa shape index (κ3) is 3.55. The van der Waals surface area contributed by atoms with E-state index in [-0.39, 0.29) is 18.6 Å². The first-order valence-electron chi connectivity index (χ1n) is 6.73. The highest BCUT2D eigenvalue weighted by Crippen LogP contribution is 2.25. The van der Waals surface area contributed by atoms with E-state index in [1.807, 2.05) is 13.0 Å². The van der Waals surface area contributed by atoms with Crippen LogP contribution in [-0.2, 0) is 10.0 Å². The molecule has 2 rings (SSSR count). The Morgan fingerprint density at radius 3 is 2.74 bits per heavy atom. The van der Waals surface area contributed by atoms with E-state index in [0.717, 1.165) is 31.2 Å². The Balaban J connectivity index is 2.16. The first-order chi connectivity index (χ1) is 9.03. The van der Waals surface area contributed by atoms with E-state index in [1.54, 1.807) is 18.2 Å². The molecule has 106 valence electrons. The predicted molar refractivity (Wildman–Crippen MR) is 74.3 cm³/mol. The minimum Gasteiger partial charge on any atom is -0.396 e. The summed E-state index contributed by atoms with van der Waals surface area (Å²) in [5.41, 5.74) is 0.922. The molecule has 1 aromatic rings. The van der Waals surface area contributed by atoms with Crippen LogP contribution >= 0.6 is 0 Å². The van der Waals surface area contributed by atoms with E-state index < -0.39 is 10.0 Å². The zero-order valence-corrected chi connectivity index (χ0v) is 12.0. The van der Waals surface area contributed by atoms with E-state index >= 15 is 0 Å². The maximum absolute atomic E-state index is 12.3. The number of hydrogen-bond acceptors (Lipinski definition) is 3. The lowest BCUT2D eigenvalue weighted by molar-refractivity contribution is 0.164. The normalized spacial score (nSPS) is 24.3. The van der Waals surface area contributed by atoms with Gasteiger partial charge in [-0.2, -0.15) is 0 Å². The molecular formula is C14H21NO3S. The lowest BCUT2D eigenvalue weighted by atomic mass is 9.86. The molecule has 0 aliphatic heterocycles. The highest BCUT2D eigenvalue weighted by molar-refractivity contribution is 7.89. The van der Waals surface area contributed by atoms with Gasteiger partial charge in [-0.25, -0.2) is 13.1 Å². The molecule has 1 aliphatic rings. The molecular weight excluding hydrogens is 262 g/mol. The summed E-state index contributed by atoms with van der Waals surface area (Å²) >= 11 is 0. The van der Waals surface area contributed by atoms with Crippen LogP contribution in [0.2, 0.25) is 0 Å². The number of hydrogen-bond donors (Lipinski definition) is 2. The van der Waals surface area contributed by atoms with E-state index in [9.17, 15) is 13.5 Å². The third-order valence-electron chi connectivity index (χ3n) is 3.75. The molecule has 0 amide bonds. The Morgan fingerprint density at radius 1 is 1.32 bits per heavy atom. The van der Waals surface area contributed by atoms with Crippen molar-refractivity contribution < 1.29 is 13.5 Å². The van der Waals surface area contributed by atoms with Gasteiger partial charge in [-0.3, -0.25) is 0 Å². The molecule has 0 radical (unpaired) electrons. The van der Waals surface area contributed by atoms with Crippen molar-refractivity contribution in [3.05, 3.63) is 29.8 Å². The molecule has 1 aliphatic carbocycles. The van der Waals surface area contributed by atoms with Gasteiger partial charge in [-0.1, -0.05) is 25.0 Å². The number of benzene rings is 1. The fourth-order valence-corrected chi connectivity index (χ4v) is 4.07. The number of aliphatic hydroxyl groups excluding tert-OH is 1. The smallest absolute Gasteiger partial charge is 0.240 e. The zero-order chi connectivity index (χ0) is 13.9. The second-order valence-corrected chi connectivity index (χ2v) is 6.99. The Labute approximate surface area is 114 Å². The molecule has 2 N–H and O–H groups in total. The van der Waals surface area contributed by atoms with Gasteiger partial charge < -0.3 is 5.11 Å². The predicted octanol–water partition coefficient (Wildman–Crippen LogP) is 1.82. The molecule has 0 aromatic heterocycles. The molecule has 2 atom stereocenters. The summed E-state index contributed by atoms with van der Waals surface area (Å²) in [6.07, 6.45) is 3.76. The van der Waals surface area contributed by atoms with Crippen LogP contribution in [0.3, 0.4) is 0 Å². The Bertz CT molecular complexity index is 527. The topological polar surface area (TPSA) is 66.4 Å². The molecule has 0 spiro atoms. The fourth-order valence-electron chi connectivity index (χ4n) is 2.63. The number of sulfonamides is 1. The minimum atomic E-state index is -3.49. The quantitative estimate of drug-likeness (QED) is 0.886. The summed E-state index contributed by atoms with van der Waals surface area (Å²) in [5, 5.41) is 9.34. The average molecular weight is 283 g/mol. The number of rotatable bonds is 4. The second-order valence-electron chi connectivity index (χ2n) is 5.27. The summed E-state index contributed by atoms with van der Waals surface area (Å²) in [6, 6.07) is 6.74. The maximum atomic E-state index is 12.3. The van der Waals surface area contributed by atoms with Gasteiger partial charge in [0.15, 0.2) is 0 Å². The number of nitrogens with one attached hydrogen (secondary N) is 1. The summed E-state index contributed by atoms with van der Waals surface area (Å²) in [7, 11) is -3.49. The van der Waals surface area contributed by atoms with Gasteiger partial charge in [-0.15, -0.1) is 0 Å². The second kappa shape index (κ2) is 6.03. The monoisotopic (exact) mass is 283 g/mol. The van der Waals surface area contributed by atoms with E-state index in [0.29, 0.717) is 4.90 Å². The van der Waals surface area contributed by atoms with Crippen LogP contribution in [0, 0.1) is 12.8 Å². The maximum Gasteiger partial charge on any atom is 0.240 e. The van der Waals surface area contributed by atoms with Gasteiger partial charge >= 0.3 is 0 Å². The fraction of sp³-hybridized carbons (Fsp3) is 0.571. The molecule has 2 unspecified atom stereocenters. The average Bonchev–Trinajstić information content (AvgIpc) is 2.39. The Kier molecular flexibility index (Phi) is 4.60. The van der Waals surface area contributed by atoms with Crippen molar-refractivity contribution in [1.82, 2.24) is 4.72 Å². The van der Waals surface area contributed by atoms with Gasteiger partial charge in [0.05, 0.1) is 4.90 Å². The van der Waals surface area contributed by atoms with Crippen molar-refractivity contribution in [2.75, 3.05) is 6.61 Å². The van der Waals surface area contributed by atoms with Crippen molar-refractivity contribution in [3.63, 3.8) is 0 Å². The van der Waals surface area contributed by atoms with Crippen LogP contribution in [0.5, 0.6) is 0 Å². The highest BCUT2D eigenvalue weighted by atomic mass is 32.2. The Hall–Kier alpha value is -0.910. The van der Waals surface area contributed by atoms with Crippen LogP contribution < -0.4 is 4.72 Å². The molecule has 0 saturated heterocycles. The molecule has 4 nitrogen and oxygen atoms in total. The number of aryl methyl sites for hydroxylation is 1. The molecule has 19 heavy (non-hydrogen) atoms. The Morgan fingerprint density at radius 2 is 2.05 bits per heavy atom. The highest BCUT2D eigenvalue weighted by Gasteiger charge is 2.28. The van der Waals surface area contributed by atoms with Crippen LogP contribution in [0.4, 0.5) is 0 Å². The lowest BCUT2D eigenvalue weighted by Crippen LogP contribution is -2.43. The molecule has 0 heterocycles. The SMILES string of the molecule is Cc1cccc(S(=O)(=O)NC2CCCCC2CO)c1.